The first kappa shape index (κ1) is 15.2. The van der Waals surface area contributed by atoms with Crippen LogP contribution in [0.2, 0.25) is 0 Å². The van der Waals surface area contributed by atoms with E-state index in [1.807, 2.05) is 0 Å². The van der Waals surface area contributed by atoms with Gasteiger partial charge in [0.25, 0.3) is 0 Å². The summed E-state index contributed by atoms with van der Waals surface area (Å²) in [6, 6.07) is 5.41. The molecule has 0 saturated carbocycles. The Morgan fingerprint density at radius 2 is 2.14 bits per heavy atom. The van der Waals surface area contributed by atoms with Crippen molar-refractivity contribution in [2.24, 2.45) is 10.9 Å². The van der Waals surface area contributed by atoms with Crippen LogP contribution < -0.4 is 11.1 Å². The van der Waals surface area contributed by atoms with Crippen LogP contribution in [0, 0.1) is 11.6 Å². The van der Waals surface area contributed by atoms with Crippen molar-refractivity contribution in [1.29, 1.82) is 0 Å². The fourth-order valence-electron chi connectivity index (χ4n) is 1.71. The van der Waals surface area contributed by atoms with Crippen LogP contribution in [0.25, 0.3) is 0 Å². The lowest BCUT2D eigenvalue weighted by Crippen LogP contribution is -2.18. The Kier molecular flexibility index (Phi) is 4.69. The molecule has 4 N–H and O–H groups in total. The van der Waals surface area contributed by atoms with E-state index < -0.39 is 11.6 Å². The molecule has 0 aliphatic heterocycles. The second kappa shape index (κ2) is 6.49. The molecule has 8 heteroatoms. The number of rotatable bonds is 4. The third-order valence-electron chi connectivity index (χ3n) is 2.72. The molecule has 0 saturated heterocycles. The summed E-state index contributed by atoms with van der Waals surface area (Å²) in [5.41, 5.74) is 6.36. The number of nitrogens with two attached hydrogens (primary N) is 1. The maximum absolute atomic E-state index is 13.7. The molecule has 1 aromatic carbocycles. The molecule has 0 spiro atoms. The summed E-state index contributed by atoms with van der Waals surface area (Å²) >= 11 is 2.90. The van der Waals surface area contributed by atoms with Gasteiger partial charge in [0, 0.05) is 24.4 Å². The quantitative estimate of drug-likeness (QED) is 0.258. The van der Waals surface area contributed by atoms with Crippen molar-refractivity contribution in [3.63, 3.8) is 0 Å². The topological polar surface area (TPSA) is 83.5 Å². The number of aromatic nitrogens is 1. The molecule has 0 radical (unpaired) electrons. The smallest absolute Gasteiger partial charge is 0.189 e. The standard InChI is InChI=1S/C13H11BrF2N4O/c14-8-4-10(16)11(5-9(8)15)19-6-7-2-1-3-18-12(7)13(17)20-21/h1-5,19,21H,6H2,(H2,17,20). The number of oxime groups is 1. The van der Waals surface area contributed by atoms with E-state index >= 15 is 0 Å². The predicted octanol–water partition coefficient (Wildman–Crippen LogP) is 2.83. The first-order valence-electron chi connectivity index (χ1n) is 5.83. The third-order valence-corrected chi connectivity index (χ3v) is 3.33. The Bertz CT molecular complexity index is 694. The van der Waals surface area contributed by atoms with Crippen molar-refractivity contribution in [2.75, 3.05) is 5.32 Å². The van der Waals surface area contributed by atoms with E-state index in [0.717, 1.165) is 12.1 Å². The second-order valence-electron chi connectivity index (χ2n) is 4.10. The second-order valence-corrected chi connectivity index (χ2v) is 4.95. The summed E-state index contributed by atoms with van der Waals surface area (Å²) in [6.45, 7) is 0.136. The van der Waals surface area contributed by atoms with E-state index in [1.165, 1.54) is 6.20 Å². The Balaban J connectivity index is 2.23. The van der Waals surface area contributed by atoms with Gasteiger partial charge in [-0.15, -0.1) is 0 Å². The van der Waals surface area contributed by atoms with Crippen LogP contribution in [-0.4, -0.2) is 16.0 Å². The van der Waals surface area contributed by atoms with Crippen LogP contribution in [0.3, 0.4) is 0 Å². The highest BCUT2D eigenvalue weighted by atomic mass is 79.9. The number of nitrogens with zero attached hydrogens (tertiary/aromatic N) is 2. The molecule has 21 heavy (non-hydrogen) atoms. The van der Waals surface area contributed by atoms with Crippen molar-refractivity contribution < 1.29 is 14.0 Å². The molecule has 1 heterocycles. The van der Waals surface area contributed by atoms with Gasteiger partial charge in [-0.2, -0.15) is 0 Å². The molecule has 0 fully saturated rings. The van der Waals surface area contributed by atoms with Gasteiger partial charge in [0.05, 0.1) is 10.2 Å². The van der Waals surface area contributed by atoms with Crippen LogP contribution in [-0.2, 0) is 6.54 Å². The van der Waals surface area contributed by atoms with Gasteiger partial charge in [0.2, 0.25) is 0 Å². The maximum Gasteiger partial charge on any atom is 0.189 e. The van der Waals surface area contributed by atoms with Crippen LogP contribution in [0.15, 0.2) is 40.1 Å². The van der Waals surface area contributed by atoms with Crippen molar-refractivity contribution in [3.8, 4) is 0 Å². The van der Waals surface area contributed by atoms with Gasteiger partial charge >= 0.3 is 0 Å². The summed E-state index contributed by atoms with van der Waals surface area (Å²) in [6.07, 6.45) is 1.48. The Morgan fingerprint density at radius 3 is 2.86 bits per heavy atom. The molecule has 2 aromatic rings. The van der Waals surface area contributed by atoms with Crippen molar-refractivity contribution in [1.82, 2.24) is 4.98 Å². The van der Waals surface area contributed by atoms with Crippen LogP contribution in [0.4, 0.5) is 14.5 Å². The monoisotopic (exact) mass is 356 g/mol. The van der Waals surface area contributed by atoms with E-state index in [0.29, 0.717) is 5.56 Å². The van der Waals surface area contributed by atoms with E-state index in [1.54, 1.807) is 12.1 Å². The number of pyridine rings is 1. The Labute approximate surface area is 127 Å². The van der Waals surface area contributed by atoms with E-state index in [2.05, 4.69) is 31.4 Å². The number of amidine groups is 1. The molecule has 0 amide bonds. The zero-order valence-electron chi connectivity index (χ0n) is 10.6. The number of nitrogens with one attached hydrogen (secondary N) is 1. The summed E-state index contributed by atoms with van der Waals surface area (Å²) in [5.74, 6) is -1.34. The van der Waals surface area contributed by atoms with Gasteiger partial charge in [0.1, 0.15) is 17.3 Å². The largest absolute Gasteiger partial charge is 0.409 e. The minimum atomic E-state index is -0.600. The molecule has 0 atom stereocenters. The third kappa shape index (κ3) is 3.46. The number of anilines is 1. The molecule has 2 rings (SSSR count). The highest BCUT2D eigenvalue weighted by molar-refractivity contribution is 9.10. The van der Waals surface area contributed by atoms with Crippen LogP contribution in [0.5, 0.6) is 0 Å². The highest BCUT2D eigenvalue weighted by Gasteiger charge is 2.11. The lowest BCUT2D eigenvalue weighted by Gasteiger charge is -2.11. The van der Waals surface area contributed by atoms with Crippen LogP contribution in [0.1, 0.15) is 11.3 Å². The fourth-order valence-corrected chi connectivity index (χ4v) is 2.02. The Hall–Kier alpha value is -2.22. The number of hydrogen-bond acceptors (Lipinski definition) is 4. The average Bonchev–Trinajstić information content (AvgIpc) is 2.49. The number of hydrogen-bond donors (Lipinski definition) is 3. The first-order valence-corrected chi connectivity index (χ1v) is 6.62. The molecular formula is C13H11BrF2N4O. The van der Waals surface area contributed by atoms with Crippen molar-refractivity contribution in [2.45, 2.75) is 6.54 Å². The fraction of sp³-hybridized carbons (Fsp3) is 0.0769. The zero-order valence-corrected chi connectivity index (χ0v) is 12.2. The van der Waals surface area contributed by atoms with Crippen molar-refractivity contribution >= 4 is 27.5 Å². The molecule has 110 valence electrons. The molecular weight excluding hydrogens is 346 g/mol. The van der Waals surface area contributed by atoms with Gasteiger partial charge in [-0.25, -0.2) is 8.78 Å². The maximum atomic E-state index is 13.7. The lowest BCUT2D eigenvalue weighted by molar-refractivity contribution is 0.318. The summed E-state index contributed by atoms with van der Waals surface area (Å²) in [7, 11) is 0. The molecule has 0 aliphatic carbocycles. The van der Waals surface area contributed by atoms with Crippen molar-refractivity contribution in [3.05, 3.63) is 57.8 Å². The average molecular weight is 357 g/mol. The molecule has 1 aromatic heterocycles. The first-order chi connectivity index (χ1) is 10.0. The normalized spacial score (nSPS) is 11.5. The molecule has 5 nitrogen and oxygen atoms in total. The van der Waals surface area contributed by atoms with Gasteiger partial charge in [-0.05, 0) is 28.1 Å². The Morgan fingerprint density at radius 1 is 1.38 bits per heavy atom. The van der Waals surface area contributed by atoms with Gasteiger partial charge in [0.15, 0.2) is 5.84 Å². The minimum absolute atomic E-state index is 0.00464. The van der Waals surface area contributed by atoms with Gasteiger partial charge in [-0.3, -0.25) is 4.98 Å². The SMILES string of the molecule is N/C(=N/O)c1ncccc1CNc1cc(F)c(Br)cc1F. The summed E-state index contributed by atoms with van der Waals surface area (Å²) in [4.78, 5) is 3.98. The van der Waals surface area contributed by atoms with Gasteiger partial charge < -0.3 is 16.3 Å². The lowest BCUT2D eigenvalue weighted by atomic mass is 10.1. The van der Waals surface area contributed by atoms with E-state index in [-0.39, 0.29) is 28.2 Å². The van der Waals surface area contributed by atoms with Gasteiger partial charge in [-0.1, -0.05) is 11.2 Å². The molecule has 0 bridgehead atoms. The molecule has 0 unspecified atom stereocenters. The summed E-state index contributed by atoms with van der Waals surface area (Å²) < 4.78 is 27.1. The summed E-state index contributed by atoms with van der Waals surface area (Å²) in [5, 5.41) is 14.3. The number of benzene rings is 1. The zero-order chi connectivity index (χ0) is 15.4. The highest BCUT2D eigenvalue weighted by Crippen LogP contribution is 2.23. The number of halogens is 3. The molecule has 0 aliphatic rings. The van der Waals surface area contributed by atoms with Crippen LogP contribution >= 0.6 is 15.9 Å². The van der Waals surface area contributed by atoms with E-state index in [4.69, 9.17) is 10.9 Å². The van der Waals surface area contributed by atoms with E-state index in [9.17, 15) is 8.78 Å². The minimum Gasteiger partial charge on any atom is -0.409 e. The predicted molar refractivity (Wildman–Crippen MR) is 78.1 cm³/mol.